The van der Waals surface area contributed by atoms with E-state index >= 15 is 0 Å². The highest BCUT2D eigenvalue weighted by Crippen LogP contribution is 2.29. The fourth-order valence-electron chi connectivity index (χ4n) is 1.22. The Morgan fingerprint density at radius 3 is 2.79 bits per heavy atom. The van der Waals surface area contributed by atoms with Gasteiger partial charge in [-0.3, -0.25) is 0 Å². The number of benzene rings is 1. The van der Waals surface area contributed by atoms with Crippen molar-refractivity contribution in [2.45, 2.75) is 31.2 Å². The molecule has 0 amide bonds. The molecule has 0 bridgehead atoms. The van der Waals surface area contributed by atoms with Crippen LogP contribution in [0.5, 0.6) is 0 Å². The topological polar surface area (TPSA) is 26.0 Å². The van der Waals surface area contributed by atoms with Crippen LogP contribution in [0.15, 0.2) is 23.1 Å². The van der Waals surface area contributed by atoms with Gasteiger partial charge in [0.1, 0.15) is 0 Å². The number of hydrogen-bond acceptors (Lipinski definition) is 2. The third-order valence-electron chi connectivity index (χ3n) is 1.92. The molecule has 1 aromatic carbocycles. The largest absolute Gasteiger partial charge is 0.324 e. The van der Waals surface area contributed by atoms with E-state index in [1.54, 1.807) is 0 Å². The monoisotopic (exact) mass is 229 g/mol. The molecule has 0 fully saturated rings. The van der Waals surface area contributed by atoms with Gasteiger partial charge in [-0.2, -0.15) is 0 Å². The second kappa shape index (κ2) is 5.64. The predicted molar refractivity (Wildman–Crippen MR) is 65.1 cm³/mol. The van der Waals surface area contributed by atoms with Crippen LogP contribution in [0.1, 0.15) is 31.9 Å². The van der Waals surface area contributed by atoms with Gasteiger partial charge in [-0.15, -0.1) is 11.8 Å². The fourth-order valence-corrected chi connectivity index (χ4v) is 2.40. The molecule has 0 saturated heterocycles. The van der Waals surface area contributed by atoms with E-state index in [4.69, 9.17) is 17.3 Å². The Balaban J connectivity index is 2.90. The lowest BCUT2D eigenvalue weighted by atomic mass is 10.1. The van der Waals surface area contributed by atoms with Crippen LogP contribution in [0.2, 0.25) is 5.02 Å². The lowest BCUT2D eigenvalue weighted by molar-refractivity contribution is 0.797. The first-order valence-corrected chi connectivity index (χ1v) is 6.19. The third kappa shape index (κ3) is 3.19. The first kappa shape index (κ1) is 11.9. The van der Waals surface area contributed by atoms with E-state index < -0.39 is 0 Å². The summed E-state index contributed by atoms with van der Waals surface area (Å²) in [7, 11) is 0. The minimum absolute atomic E-state index is 0.0491. The van der Waals surface area contributed by atoms with Crippen molar-refractivity contribution in [2.24, 2.45) is 5.73 Å². The average molecular weight is 230 g/mol. The number of halogens is 1. The second-order valence-corrected chi connectivity index (χ2v) is 4.89. The van der Waals surface area contributed by atoms with Crippen molar-refractivity contribution in [3.8, 4) is 0 Å². The highest BCUT2D eigenvalue weighted by Gasteiger charge is 2.07. The van der Waals surface area contributed by atoms with Crippen molar-refractivity contribution in [1.29, 1.82) is 0 Å². The summed E-state index contributed by atoms with van der Waals surface area (Å²) in [6.45, 7) is 4.16. The molecule has 0 aliphatic rings. The molecule has 0 aliphatic heterocycles. The Labute approximate surface area is 95.0 Å². The van der Waals surface area contributed by atoms with Crippen molar-refractivity contribution in [3.63, 3.8) is 0 Å². The van der Waals surface area contributed by atoms with Crippen LogP contribution in [0.4, 0.5) is 0 Å². The molecule has 1 atom stereocenters. The molecule has 0 aromatic heterocycles. The Morgan fingerprint density at radius 1 is 1.50 bits per heavy atom. The molecule has 14 heavy (non-hydrogen) atoms. The molecule has 78 valence electrons. The zero-order valence-electron chi connectivity index (χ0n) is 8.59. The quantitative estimate of drug-likeness (QED) is 0.794. The van der Waals surface area contributed by atoms with E-state index in [-0.39, 0.29) is 6.04 Å². The molecule has 0 aliphatic carbocycles. The van der Waals surface area contributed by atoms with Crippen molar-refractivity contribution < 1.29 is 0 Å². The maximum atomic E-state index is 5.93. The van der Waals surface area contributed by atoms with Gasteiger partial charge in [-0.05, 0) is 42.9 Å². The standard InChI is InChI=1S/C11H16ClNS/c1-3-6-14-11-5-4-9(12)7-10(11)8(2)13/h4-5,7-8H,3,6,13H2,1-2H3. The van der Waals surface area contributed by atoms with Crippen LogP contribution >= 0.6 is 23.4 Å². The maximum absolute atomic E-state index is 5.93. The summed E-state index contributed by atoms with van der Waals surface area (Å²) in [6, 6.07) is 5.99. The van der Waals surface area contributed by atoms with Gasteiger partial charge in [0.2, 0.25) is 0 Å². The summed E-state index contributed by atoms with van der Waals surface area (Å²) in [6.07, 6.45) is 1.17. The molecule has 0 radical (unpaired) electrons. The molecular formula is C11H16ClNS. The highest BCUT2D eigenvalue weighted by molar-refractivity contribution is 7.99. The summed E-state index contributed by atoms with van der Waals surface area (Å²) < 4.78 is 0. The number of hydrogen-bond donors (Lipinski definition) is 1. The normalized spacial score (nSPS) is 12.9. The number of nitrogens with two attached hydrogens (primary N) is 1. The summed E-state index contributed by atoms with van der Waals surface area (Å²) in [5, 5.41) is 0.762. The van der Waals surface area contributed by atoms with Crippen LogP contribution in [0, 0.1) is 0 Å². The van der Waals surface area contributed by atoms with E-state index in [1.807, 2.05) is 30.8 Å². The molecular weight excluding hydrogens is 214 g/mol. The fraction of sp³-hybridized carbons (Fsp3) is 0.455. The number of rotatable bonds is 4. The second-order valence-electron chi connectivity index (χ2n) is 3.32. The molecule has 1 aromatic rings. The van der Waals surface area contributed by atoms with Gasteiger partial charge in [0.05, 0.1) is 0 Å². The van der Waals surface area contributed by atoms with E-state index in [2.05, 4.69) is 13.0 Å². The van der Waals surface area contributed by atoms with E-state index in [0.29, 0.717) is 0 Å². The molecule has 1 unspecified atom stereocenters. The highest BCUT2D eigenvalue weighted by atomic mass is 35.5. The molecule has 0 spiro atoms. The minimum atomic E-state index is 0.0491. The molecule has 0 heterocycles. The average Bonchev–Trinajstić information content (AvgIpc) is 2.15. The smallest absolute Gasteiger partial charge is 0.0410 e. The Morgan fingerprint density at radius 2 is 2.21 bits per heavy atom. The molecule has 1 rings (SSSR count). The summed E-state index contributed by atoms with van der Waals surface area (Å²) >= 11 is 7.78. The zero-order valence-corrected chi connectivity index (χ0v) is 10.2. The van der Waals surface area contributed by atoms with Crippen LogP contribution in [0.3, 0.4) is 0 Å². The lowest BCUT2D eigenvalue weighted by Crippen LogP contribution is -2.06. The van der Waals surface area contributed by atoms with Gasteiger partial charge in [-0.1, -0.05) is 18.5 Å². The predicted octanol–water partition coefficient (Wildman–Crippen LogP) is 3.86. The maximum Gasteiger partial charge on any atom is 0.0410 e. The van der Waals surface area contributed by atoms with E-state index in [9.17, 15) is 0 Å². The summed E-state index contributed by atoms with van der Waals surface area (Å²) in [4.78, 5) is 1.26. The third-order valence-corrected chi connectivity index (χ3v) is 3.45. The van der Waals surface area contributed by atoms with E-state index in [0.717, 1.165) is 16.3 Å². The molecule has 3 heteroatoms. The van der Waals surface area contributed by atoms with E-state index in [1.165, 1.54) is 11.3 Å². The summed E-state index contributed by atoms with van der Waals surface area (Å²) in [5.74, 6) is 1.13. The first-order valence-electron chi connectivity index (χ1n) is 4.83. The molecule has 2 N–H and O–H groups in total. The SMILES string of the molecule is CCCSc1ccc(Cl)cc1C(C)N. The summed E-state index contributed by atoms with van der Waals surface area (Å²) in [5.41, 5.74) is 7.03. The van der Waals surface area contributed by atoms with Gasteiger partial charge in [0.25, 0.3) is 0 Å². The van der Waals surface area contributed by atoms with Crippen LogP contribution < -0.4 is 5.73 Å². The zero-order chi connectivity index (χ0) is 10.6. The van der Waals surface area contributed by atoms with Crippen molar-refractivity contribution in [1.82, 2.24) is 0 Å². The molecule has 0 saturated carbocycles. The van der Waals surface area contributed by atoms with Gasteiger partial charge < -0.3 is 5.73 Å². The van der Waals surface area contributed by atoms with Crippen molar-refractivity contribution in [3.05, 3.63) is 28.8 Å². The van der Waals surface area contributed by atoms with Crippen molar-refractivity contribution >= 4 is 23.4 Å². The lowest BCUT2D eigenvalue weighted by Gasteiger charge is -2.12. The molecule has 1 nitrogen and oxygen atoms in total. The van der Waals surface area contributed by atoms with Gasteiger partial charge in [-0.25, -0.2) is 0 Å². The van der Waals surface area contributed by atoms with Crippen LogP contribution in [-0.2, 0) is 0 Å². The Kier molecular flexibility index (Phi) is 4.79. The van der Waals surface area contributed by atoms with Gasteiger partial charge in [0.15, 0.2) is 0 Å². The Hall–Kier alpha value is -0.180. The van der Waals surface area contributed by atoms with Gasteiger partial charge >= 0.3 is 0 Å². The van der Waals surface area contributed by atoms with Crippen molar-refractivity contribution in [2.75, 3.05) is 5.75 Å². The van der Waals surface area contributed by atoms with Gasteiger partial charge in [0, 0.05) is 16.0 Å². The minimum Gasteiger partial charge on any atom is -0.324 e. The first-order chi connectivity index (χ1) is 6.65. The number of thioether (sulfide) groups is 1. The Bertz CT molecular complexity index is 299. The van der Waals surface area contributed by atoms with Crippen LogP contribution in [0.25, 0.3) is 0 Å². The van der Waals surface area contributed by atoms with Crippen LogP contribution in [-0.4, -0.2) is 5.75 Å².